The van der Waals surface area contributed by atoms with Crippen LogP contribution in [0.25, 0.3) is 64.6 Å². The van der Waals surface area contributed by atoms with Crippen molar-refractivity contribution in [2.24, 2.45) is 0 Å². The van der Waals surface area contributed by atoms with Crippen LogP contribution >= 0.6 is 15.9 Å². The average molecular weight is 888 g/mol. The Morgan fingerprint density at radius 1 is 0.281 bits per heavy atom. The fourth-order valence-electron chi connectivity index (χ4n) is 8.49. The SMILES string of the molecule is Brc1cccc2c1ccc1cc3ccccc3cc12.C.c1ccc(N(c2ccccc2)c2cccc3c2ccc2cc4ccccc4cc23)cc1.c1ccc(Nc2ccccc2)cc1. The van der Waals surface area contributed by atoms with Crippen molar-refractivity contribution in [1.82, 2.24) is 0 Å². The molecule has 0 aliphatic carbocycles. The number of hydrogen-bond acceptors (Lipinski definition) is 2. The lowest BCUT2D eigenvalue weighted by Crippen LogP contribution is -2.10. The van der Waals surface area contributed by atoms with Gasteiger partial charge in [-0.05, 0) is 144 Å². The maximum absolute atomic E-state index is 3.63. The summed E-state index contributed by atoms with van der Waals surface area (Å²) in [6.45, 7) is 0. The third-order valence-electron chi connectivity index (χ3n) is 11.5. The molecule has 0 aromatic heterocycles. The molecule has 0 aliphatic rings. The van der Waals surface area contributed by atoms with Gasteiger partial charge in [-0.2, -0.15) is 0 Å². The van der Waals surface area contributed by atoms with Gasteiger partial charge in [0, 0.05) is 32.6 Å². The molecule has 0 radical (unpaired) electrons. The van der Waals surface area contributed by atoms with Crippen molar-refractivity contribution in [2.75, 3.05) is 10.2 Å². The largest absolute Gasteiger partial charge is 0.356 e. The predicted octanol–water partition coefficient (Wildman–Crippen LogP) is 18.6. The van der Waals surface area contributed by atoms with E-state index in [0.717, 1.165) is 27.2 Å². The second-order valence-electron chi connectivity index (χ2n) is 15.5. The Morgan fingerprint density at radius 2 is 0.672 bits per heavy atom. The molecule has 0 aliphatic heterocycles. The van der Waals surface area contributed by atoms with E-state index in [2.05, 4.69) is 220 Å². The van der Waals surface area contributed by atoms with Gasteiger partial charge in [0.1, 0.15) is 0 Å². The highest BCUT2D eigenvalue weighted by molar-refractivity contribution is 9.10. The molecule has 0 heterocycles. The number of fused-ring (bicyclic) bond motifs is 8. The first-order valence-corrected chi connectivity index (χ1v) is 22.1. The van der Waals surface area contributed by atoms with E-state index in [-0.39, 0.29) is 7.43 Å². The minimum Gasteiger partial charge on any atom is -0.356 e. The van der Waals surface area contributed by atoms with Gasteiger partial charge in [-0.15, -0.1) is 0 Å². The van der Waals surface area contributed by atoms with Crippen LogP contribution in [0.4, 0.5) is 28.4 Å². The number of nitrogens with one attached hydrogen (secondary N) is 1. The van der Waals surface area contributed by atoms with E-state index in [1.807, 2.05) is 60.7 Å². The molecule has 12 aromatic rings. The molecule has 0 spiro atoms. The van der Waals surface area contributed by atoms with Crippen LogP contribution in [0, 0.1) is 0 Å². The highest BCUT2D eigenvalue weighted by atomic mass is 79.9. The van der Waals surface area contributed by atoms with Crippen molar-refractivity contribution in [3.8, 4) is 0 Å². The first-order valence-electron chi connectivity index (χ1n) is 21.3. The molecule has 308 valence electrons. The van der Waals surface area contributed by atoms with Crippen LogP contribution in [0.5, 0.6) is 0 Å². The second kappa shape index (κ2) is 19.1. The molecular weight excluding hydrogens is 841 g/mol. The van der Waals surface area contributed by atoms with E-state index in [1.165, 1.54) is 70.3 Å². The summed E-state index contributed by atoms with van der Waals surface area (Å²) in [6.07, 6.45) is 0. The standard InChI is InChI=1S/C30H21N.C18H11Br.C12H11N.CH4/c1-3-12-25(13-4-1)31(26-14-5-2-6-15-26)30-17-9-16-27-28(30)19-18-24-20-22-10-7-8-11-23(22)21-29(24)27;19-18-7-3-6-15-16(18)9-8-14-10-12-4-1-2-5-13(12)11-17(14)15;1-3-7-11(8-4-1)13-12-9-5-2-6-10-12;/h1-21H;1-11H;1-10,13H;1H4. The van der Waals surface area contributed by atoms with Crippen LogP contribution < -0.4 is 10.2 Å². The fraction of sp³-hybridized carbons (Fsp3) is 0.0164. The van der Waals surface area contributed by atoms with Crippen LogP contribution in [-0.4, -0.2) is 0 Å². The van der Waals surface area contributed by atoms with Crippen LogP contribution in [0.2, 0.25) is 0 Å². The van der Waals surface area contributed by atoms with E-state index in [0.29, 0.717) is 0 Å². The first-order chi connectivity index (χ1) is 31.2. The molecule has 64 heavy (non-hydrogen) atoms. The third kappa shape index (κ3) is 8.81. The van der Waals surface area contributed by atoms with Gasteiger partial charge in [-0.3, -0.25) is 0 Å². The van der Waals surface area contributed by atoms with Gasteiger partial charge in [-0.1, -0.05) is 193 Å². The van der Waals surface area contributed by atoms with E-state index in [9.17, 15) is 0 Å². The number of rotatable bonds is 5. The summed E-state index contributed by atoms with van der Waals surface area (Å²) >= 11 is 3.63. The third-order valence-corrected chi connectivity index (χ3v) is 12.2. The van der Waals surface area contributed by atoms with E-state index in [4.69, 9.17) is 0 Å². The maximum Gasteiger partial charge on any atom is 0.0540 e. The highest BCUT2D eigenvalue weighted by Gasteiger charge is 2.16. The van der Waals surface area contributed by atoms with Crippen LogP contribution in [0.15, 0.2) is 259 Å². The molecule has 0 bridgehead atoms. The molecule has 12 rings (SSSR count). The summed E-state index contributed by atoms with van der Waals surface area (Å²) in [7, 11) is 0. The van der Waals surface area contributed by atoms with Crippen molar-refractivity contribution in [3.05, 3.63) is 259 Å². The summed E-state index contributed by atoms with van der Waals surface area (Å²) in [6, 6.07) is 89.7. The lowest BCUT2D eigenvalue weighted by atomic mass is 9.97. The number of benzene rings is 12. The van der Waals surface area contributed by atoms with Crippen molar-refractivity contribution in [3.63, 3.8) is 0 Å². The average Bonchev–Trinajstić information content (AvgIpc) is 3.35. The van der Waals surface area contributed by atoms with E-state index < -0.39 is 0 Å². The minimum atomic E-state index is 0. The van der Waals surface area contributed by atoms with Gasteiger partial charge in [0.15, 0.2) is 0 Å². The zero-order chi connectivity index (χ0) is 42.4. The minimum absolute atomic E-state index is 0. The molecule has 0 fully saturated rings. The topological polar surface area (TPSA) is 15.3 Å². The number of nitrogens with zero attached hydrogens (tertiary/aromatic N) is 1. The van der Waals surface area contributed by atoms with Crippen molar-refractivity contribution >= 4 is 109 Å². The predicted molar refractivity (Wildman–Crippen MR) is 283 cm³/mol. The monoisotopic (exact) mass is 886 g/mol. The van der Waals surface area contributed by atoms with Crippen molar-refractivity contribution in [2.45, 2.75) is 7.43 Å². The van der Waals surface area contributed by atoms with Gasteiger partial charge in [-0.25, -0.2) is 0 Å². The summed E-state index contributed by atoms with van der Waals surface area (Å²) in [4.78, 5) is 2.34. The van der Waals surface area contributed by atoms with Crippen LogP contribution in [0.3, 0.4) is 0 Å². The van der Waals surface area contributed by atoms with Gasteiger partial charge < -0.3 is 10.2 Å². The zero-order valence-electron chi connectivity index (χ0n) is 34.6. The molecule has 0 saturated heterocycles. The molecule has 1 N–H and O–H groups in total. The molecule has 0 unspecified atom stereocenters. The van der Waals surface area contributed by atoms with Gasteiger partial charge >= 0.3 is 0 Å². The van der Waals surface area contributed by atoms with Crippen molar-refractivity contribution < 1.29 is 0 Å². The fourth-order valence-corrected chi connectivity index (χ4v) is 8.99. The quantitative estimate of drug-likeness (QED) is 0.137. The molecule has 0 amide bonds. The Morgan fingerprint density at radius 3 is 1.16 bits per heavy atom. The lowest BCUT2D eigenvalue weighted by molar-refractivity contribution is 1.30. The molecule has 0 saturated carbocycles. The molecule has 2 nitrogen and oxygen atoms in total. The second-order valence-corrected chi connectivity index (χ2v) is 16.4. The van der Waals surface area contributed by atoms with Crippen LogP contribution in [0.1, 0.15) is 7.43 Å². The Balaban J connectivity index is 0.000000134. The molecule has 12 aromatic carbocycles. The van der Waals surface area contributed by atoms with E-state index in [1.54, 1.807) is 0 Å². The summed E-state index contributed by atoms with van der Waals surface area (Å²) in [5.74, 6) is 0. The summed E-state index contributed by atoms with van der Waals surface area (Å²) < 4.78 is 1.15. The highest BCUT2D eigenvalue weighted by Crippen LogP contribution is 2.41. The molecule has 3 heteroatoms. The molecule has 0 atom stereocenters. The summed E-state index contributed by atoms with van der Waals surface area (Å²) in [5, 5.41) is 18.7. The number of anilines is 5. The molecular formula is C61H47BrN2. The van der Waals surface area contributed by atoms with Crippen LogP contribution in [-0.2, 0) is 0 Å². The number of para-hydroxylation sites is 4. The zero-order valence-corrected chi connectivity index (χ0v) is 36.2. The Kier molecular flexibility index (Phi) is 12.4. The Hall–Kier alpha value is -7.72. The number of hydrogen-bond donors (Lipinski definition) is 1. The lowest BCUT2D eigenvalue weighted by Gasteiger charge is -2.27. The Labute approximate surface area is 383 Å². The normalized spacial score (nSPS) is 10.8. The van der Waals surface area contributed by atoms with E-state index >= 15 is 0 Å². The maximum atomic E-state index is 3.63. The van der Waals surface area contributed by atoms with Crippen molar-refractivity contribution in [1.29, 1.82) is 0 Å². The summed E-state index contributed by atoms with van der Waals surface area (Å²) in [5.41, 5.74) is 5.73. The Bertz CT molecular complexity index is 3410. The first kappa shape index (κ1) is 41.6. The van der Waals surface area contributed by atoms with Gasteiger partial charge in [0.2, 0.25) is 0 Å². The van der Waals surface area contributed by atoms with Gasteiger partial charge in [0.25, 0.3) is 0 Å². The van der Waals surface area contributed by atoms with Gasteiger partial charge in [0.05, 0.1) is 5.69 Å². The smallest absolute Gasteiger partial charge is 0.0540 e. The number of halogens is 1.